The van der Waals surface area contributed by atoms with Gasteiger partial charge in [-0.3, -0.25) is 9.78 Å². The molecule has 0 radical (unpaired) electrons. The molecular formula is C25H27FN4O2. The van der Waals surface area contributed by atoms with Crippen molar-refractivity contribution in [3.63, 3.8) is 0 Å². The van der Waals surface area contributed by atoms with E-state index in [0.717, 1.165) is 57.4 Å². The van der Waals surface area contributed by atoms with Crippen LogP contribution in [0.2, 0.25) is 0 Å². The Bertz CT molecular complexity index is 1050. The number of carbonyl (C=O) groups is 1. The van der Waals surface area contributed by atoms with E-state index in [0.29, 0.717) is 18.7 Å². The molecule has 5 rings (SSSR count). The number of halogens is 1. The number of aromatic nitrogens is 1. The number of nitrogens with zero attached hydrogens (tertiary/aromatic N) is 4. The second-order valence-electron chi connectivity index (χ2n) is 9.31. The van der Waals surface area contributed by atoms with E-state index in [4.69, 9.17) is 4.74 Å². The quantitative estimate of drug-likeness (QED) is 0.739. The summed E-state index contributed by atoms with van der Waals surface area (Å²) in [4.78, 5) is 21.7. The molecule has 2 aromatic rings. The largest absolute Gasteiger partial charge is 0.365 e. The summed E-state index contributed by atoms with van der Waals surface area (Å²) < 4.78 is 20.9. The van der Waals surface area contributed by atoms with Crippen molar-refractivity contribution in [3.8, 4) is 6.07 Å². The van der Waals surface area contributed by atoms with Crippen molar-refractivity contribution in [3.05, 3.63) is 65.2 Å². The van der Waals surface area contributed by atoms with Crippen molar-refractivity contribution in [2.24, 2.45) is 0 Å². The van der Waals surface area contributed by atoms with Gasteiger partial charge in [-0.05, 0) is 49.9 Å². The Hall–Kier alpha value is -2.82. The van der Waals surface area contributed by atoms with Crippen LogP contribution in [0.4, 0.5) is 4.39 Å². The van der Waals surface area contributed by atoms with E-state index < -0.39 is 5.82 Å². The number of piperidine rings is 1. The highest BCUT2D eigenvalue weighted by Gasteiger charge is 2.56. The molecule has 1 aliphatic carbocycles. The number of hydrogen-bond donors (Lipinski definition) is 0. The van der Waals surface area contributed by atoms with Crippen LogP contribution < -0.4 is 0 Å². The van der Waals surface area contributed by atoms with E-state index in [1.165, 1.54) is 6.07 Å². The van der Waals surface area contributed by atoms with Crippen LogP contribution in [0, 0.1) is 17.1 Å². The van der Waals surface area contributed by atoms with Crippen LogP contribution in [-0.4, -0.2) is 64.6 Å². The highest BCUT2D eigenvalue weighted by molar-refractivity contribution is 5.94. The molecule has 2 saturated heterocycles. The van der Waals surface area contributed by atoms with Gasteiger partial charge in [0.1, 0.15) is 11.9 Å². The summed E-state index contributed by atoms with van der Waals surface area (Å²) in [5.41, 5.74) is 0.991. The minimum absolute atomic E-state index is 0.140. The van der Waals surface area contributed by atoms with Gasteiger partial charge in [0.15, 0.2) is 0 Å². The molecule has 3 heterocycles. The molecule has 3 aliphatic rings. The Morgan fingerprint density at radius 1 is 1.09 bits per heavy atom. The van der Waals surface area contributed by atoms with Crippen molar-refractivity contribution in [1.82, 2.24) is 14.8 Å². The molecule has 1 amide bonds. The van der Waals surface area contributed by atoms with E-state index in [-0.39, 0.29) is 22.7 Å². The van der Waals surface area contributed by atoms with Gasteiger partial charge in [0.2, 0.25) is 0 Å². The average molecular weight is 435 g/mol. The first-order valence-electron chi connectivity index (χ1n) is 11.3. The number of amides is 1. The van der Waals surface area contributed by atoms with Crippen LogP contribution in [0.5, 0.6) is 0 Å². The predicted molar refractivity (Wildman–Crippen MR) is 116 cm³/mol. The lowest BCUT2D eigenvalue weighted by atomic mass is 9.87. The molecule has 3 fully saturated rings. The van der Waals surface area contributed by atoms with Gasteiger partial charge in [0.25, 0.3) is 5.91 Å². The highest BCUT2D eigenvalue weighted by atomic mass is 19.1. The fourth-order valence-corrected chi connectivity index (χ4v) is 5.07. The topological polar surface area (TPSA) is 69.5 Å². The number of rotatable bonds is 4. The lowest BCUT2D eigenvalue weighted by molar-refractivity contribution is -0.179. The minimum Gasteiger partial charge on any atom is -0.365 e. The van der Waals surface area contributed by atoms with Crippen LogP contribution in [-0.2, 0) is 11.2 Å². The van der Waals surface area contributed by atoms with Gasteiger partial charge in [-0.2, -0.15) is 5.26 Å². The van der Waals surface area contributed by atoms with Gasteiger partial charge < -0.3 is 14.5 Å². The lowest BCUT2D eigenvalue weighted by Crippen LogP contribution is -2.61. The highest BCUT2D eigenvalue weighted by Crippen LogP contribution is 2.49. The summed E-state index contributed by atoms with van der Waals surface area (Å²) in [6, 6.07) is 12.0. The Morgan fingerprint density at radius 2 is 1.81 bits per heavy atom. The number of hydrogen-bond acceptors (Lipinski definition) is 5. The van der Waals surface area contributed by atoms with E-state index in [1.54, 1.807) is 36.5 Å². The average Bonchev–Trinajstić information content (AvgIpc) is 3.56. The maximum atomic E-state index is 14.3. The number of likely N-dealkylation sites (tertiary alicyclic amines) is 1. The summed E-state index contributed by atoms with van der Waals surface area (Å²) in [5, 5.41) is 9.27. The number of nitriles is 1. The van der Waals surface area contributed by atoms with Gasteiger partial charge in [-0.1, -0.05) is 12.1 Å². The fourth-order valence-electron chi connectivity index (χ4n) is 5.07. The van der Waals surface area contributed by atoms with Crippen LogP contribution in [0.15, 0.2) is 42.6 Å². The number of carbonyl (C=O) groups excluding carboxylic acids is 1. The standard InChI is InChI=1S/C25H27FN4O2/c26-21-6-2-1-5-20(21)23(31)30-17-24(8-9-24)32-25(18-30)10-14-29(15-11-25)13-7-22-19(16-27)4-3-12-28-22/h1-6,12H,7-11,13-15,17-18H2. The third kappa shape index (κ3) is 4.13. The monoisotopic (exact) mass is 434 g/mol. The van der Waals surface area contributed by atoms with E-state index in [1.807, 2.05) is 4.90 Å². The Kier molecular flexibility index (Phi) is 5.44. The second-order valence-corrected chi connectivity index (χ2v) is 9.31. The SMILES string of the molecule is N#Cc1cccnc1CCN1CCC2(CC1)CN(C(=O)c1ccccc1F)CC1(CC1)O2. The van der Waals surface area contributed by atoms with Crippen molar-refractivity contribution >= 4 is 5.91 Å². The molecule has 0 N–H and O–H groups in total. The van der Waals surface area contributed by atoms with Gasteiger partial charge in [0, 0.05) is 32.3 Å². The summed E-state index contributed by atoms with van der Waals surface area (Å²) >= 11 is 0. The van der Waals surface area contributed by atoms with E-state index in [9.17, 15) is 14.4 Å². The first-order chi connectivity index (χ1) is 15.5. The lowest BCUT2D eigenvalue weighted by Gasteiger charge is -2.50. The van der Waals surface area contributed by atoms with E-state index >= 15 is 0 Å². The normalized spacial score (nSPS) is 21.4. The van der Waals surface area contributed by atoms with Gasteiger partial charge in [-0.15, -0.1) is 0 Å². The van der Waals surface area contributed by atoms with Gasteiger partial charge in [0.05, 0.1) is 41.1 Å². The van der Waals surface area contributed by atoms with Crippen molar-refractivity contribution in [2.75, 3.05) is 32.7 Å². The van der Waals surface area contributed by atoms with Crippen molar-refractivity contribution in [2.45, 2.75) is 43.3 Å². The summed E-state index contributed by atoms with van der Waals surface area (Å²) in [6.45, 7) is 3.63. The third-order valence-electron chi connectivity index (χ3n) is 7.03. The Balaban J connectivity index is 1.24. The molecule has 6 nitrogen and oxygen atoms in total. The number of ether oxygens (including phenoxy) is 1. The van der Waals surface area contributed by atoms with Gasteiger partial charge >= 0.3 is 0 Å². The summed E-state index contributed by atoms with van der Waals surface area (Å²) in [7, 11) is 0. The molecule has 2 aliphatic heterocycles. The molecule has 32 heavy (non-hydrogen) atoms. The molecule has 166 valence electrons. The minimum atomic E-state index is -0.469. The van der Waals surface area contributed by atoms with Crippen LogP contribution in [0.25, 0.3) is 0 Å². The predicted octanol–water partition coefficient (Wildman–Crippen LogP) is 3.17. The molecular weight excluding hydrogens is 407 g/mol. The molecule has 1 aromatic carbocycles. The Labute approximate surface area is 187 Å². The van der Waals surface area contributed by atoms with Crippen LogP contribution in [0.1, 0.15) is 47.3 Å². The maximum Gasteiger partial charge on any atom is 0.257 e. The molecule has 0 bridgehead atoms. The molecule has 2 spiro atoms. The second kappa shape index (κ2) is 8.27. The third-order valence-corrected chi connectivity index (χ3v) is 7.03. The van der Waals surface area contributed by atoms with Crippen LogP contribution >= 0.6 is 0 Å². The first-order valence-corrected chi connectivity index (χ1v) is 11.3. The fraction of sp³-hybridized carbons (Fsp3) is 0.480. The smallest absolute Gasteiger partial charge is 0.257 e. The number of benzene rings is 1. The molecule has 1 aromatic heterocycles. The first kappa shape index (κ1) is 21.0. The molecule has 7 heteroatoms. The molecule has 0 atom stereocenters. The molecule has 1 saturated carbocycles. The zero-order valence-corrected chi connectivity index (χ0v) is 18.1. The summed E-state index contributed by atoms with van der Waals surface area (Å²) in [6.07, 6.45) is 6.05. The maximum absolute atomic E-state index is 14.3. The number of morpholine rings is 1. The zero-order chi connectivity index (χ0) is 22.2. The van der Waals surface area contributed by atoms with Gasteiger partial charge in [-0.25, -0.2) is 4.39 Å². The molecule has 0 unspecified atom stereocenters. The zero-order valence-electron chi connectivity index (χ0n) is 18.1. The van der Waals surface area contributed by atoms with Crippen molar-refractivity contribution in [1.29, 1.82) is 5.26 Å². The van der Waals surface area contributed by atoms with Crippen LogP contribution in [0.3, 0.4) is 0 Å². The van der Waals surface area contributed by atoms with Crippen molar-refractivity contribution < 1.29 is 13.9 Å². The summed E-state index contributed by atoms with van der Waals surface area (Å²) in [5.74, 6) is -0.706. The number of pyridine rings is 1. The Morgan fingerprint density at radius 3 is 2.50 bits per heavy atom. The van der Waals surface area contributed by atoms with E-state index in [2.05, 4.69) is 16.0 Å².